The van der Waals surface area contributed by atoms with Gasteiger partial charge in [0, 0.05) is 12.7 Å². The molecule has 1 aromatic carbocycles. The third kappa shape index (κ3) is 2.96. The molecule has 1 amide bonds. The van der Waals surface area contributed by atoms with Crippen LogP contribution in [0, 0.1) is 5.92 Å². The monoisotopic (exact) mass is 301 g/mol. The second-order valence-electron chi connectivity index (χ2n) is 5.49. The van der Waals surface area contributed by atoms with Gasteiger partial charge in [0.2, 0.25) is 5.91 Å². The Balaban J connectivity index is 1.84. The molecule has 2 atom stereocenters. The molecule has 2 N–H and O–H groups in total. The van der Waals surface area contributed by atoms with Crippen LogP contribution in [0.15, 0.2) is 41.2 Å². The van der Waals surface area contributed by atoms with Gasteiger partial charge in [0.15, 0.2) is 0 Å². The summed E-state index contributed by atoms with van der Waals surface area (Å²) in [4.78, 5) is 24.1. The molecule has 0 aliphatic carbocycles. The van der Waals surface area contributed by atoms with E-state index in [1.807, 2.05) is 37.3 Å². The van der Waals surface area contributed by atoms with Crippen molar-refractivity contribution in [3.8, 4) is 5.69 Å². The smallest absolute Gasteiger partial charge is 0.266 e. The number of hydrogen-bond donors (Lipinski definition) is 2. The molecule has 6 nitrogen and oxygen atoms in total. The Morgan fingerprint density at radius 2 is 2.14 bits per heavy atom. The number of aromatic amines is 1. The number of carbonyl (C=O) groups excluding carboxylic acids is 1. The largest absolute Gasteiger partial charge is 0.378 e. The average molecular weight is 301 g/mol. The van der Waals surface area contributed by atoms with Gasteiger partial charge < -0.3 is 10.1 Å². The molecule has 0 spiro atoms. The number of amides is 1. The summed E-state index contributed by atoms with van der Waals surface area (Å²) < 4.78 is 7.11. The molecule has 2 unspecified atom stereocenters. The predicted molar refractivity (Wildman–Crippen MR) is 83.2 cm³/mol. The maximum absolute atomic E-state index is 12.5. The molecule has 3 rings (SSSR count). The summed E-state index contributed by atoms with van der Waals surface area (Å²) in [6, 6.07) is 10.7. The van der Waals surface area contributed by atoms with Gasteiger partial charge in [-0.1, -0.05) is 18.2 Å². The molecular weight excluding hydrogens is 282 g/mol. The number of ether oxygens (including phenoxy) is 1. The van der Waals surface area contributed by atoms with Gasteiger partial charge in [-0.15, -0.1) is 0 Å². The zero-order valence-corrected chi connectivity index (χ0v) is 12.4. The van der Waals surface area contributed by atoms with E-state index in [1.54, 1.807) is 4.68 Å². The Labute approximate surface area is 128 Å². The summed E-state index contributed by atoms with van der Waals surface area (Å²) >= 11 is 0. The van der Waals surface area contributed by atoms with Crippen molar-refractivity contribution in [2.24, 2.45) is 5.92 Å². The van der Waals surface area contributed by atoms with Gasteiger partial charge in [0.05, 0.1) is 17.7 Å². The standard InChI is InChI=1S/C16H19N3O3/c1-11-13(8-5-9-22-11)16(21)17-14-10-15(20)18-19(14)12-6-3-2-4-7-12/h2-4,6-7,10-11,13H,5,8-9H2,1H3,(H,17,21)(H,18,20). The quantitative estimate of drug-likeness (QED) is 0.909. The summed E-state index contributed by atoms with van der Waals surface area (Å²) in [7, 11) is 0. The van der Waals surface area contributed by atoms with Gasteiger partial charge in [-0.25, -0.2) is 4.68 Å². The number of nitrogens with one attached hydrogen (secondary N) is 2. The third-order valence-corrected chi connectivity index (χ3v) is 3.94. The molecule has 0 bridgehead atoms. The van der Waals surface area contributed by atoms with Crippen LogP contribution in [-0.4, -0.2) is 28.4 Å². The van der Waals surface area contributed by atoms with Crippen LogP contribution in [0.5, 0.6) is 0 Å². The van der Waals surface area contributed by atoms with Crippen LogP contribution in [0.1, 0.15) is 19.8 Å². The summed E-state index contributed by atoms with van der Waals surface area (Å²) in [5, 5.41) is 5.54. The Hall–Kier alpha value is -2.34. The number of carbonyl (C=O) groups is 1. The molecule has 1 aliphatic heterocycles. The predicted octanol–water partition coefficient (Wildman–Crippen LogP) is 1.92. The molecule has 2 aromatic rings. The lowest BCUT2D eigenvalue weighted by atomic mass is 9.94. The molecule has 116 valence electrons. The van der Waals surface area contributed by atoms with Crippen LogP contribution in [0.25, 0.3) is 5.69 Å². The lowest BCUT2D eigenvalue weighted by molar-refractivity contribution is -0.127. The first-order valence-electron chi connectivity index (χ1n) is 7.45. The highest BCUT2D eigenvalue weighted by Gasteiger charge is 2.29. The Kier molecular flexibility index (Phi) is 4.11. The van der Waals surface area contributed by atoms with E-state index >= 15 is 0 Å². The maximum atomic E-state index is 12.5. The van der Waals surface area contributed by atoms with Crippen molar-refractivity contribution in [1.82, 2.24) is 9.78 Å². The molecule has 1 aliphatic rings. The average Bonchev–Trinajstić information content (AvgIpc) is 2.89. The van der Waals surface area contributed by atoms with E-state index in [0.29, 0.717) is 12.4 Å². The van der Waals surface area contributed by atoms with E-state index < -0.39 is 0 Å². The second kappa shape index (κ2) is 6.19. The minimum absolute atomic E-state index is 0.107. The molecule has 0 radical (unpaired) electrons. The van der Waals surface area contributed by atoms with Crippen molar-refractivity contribution in [3.63, 3.8) is 0 Å². The topological polar surface area (TPSA) is 76.1 Å². The number of aromatic nitrogens is 2. The minimum Gasteiger partial charge on any atom is -0.378 e. The maximum Gasteiger partial charge on any atom is 0.266 e. The molecule has 1 saturated heterocycles. The molecule has 1 fully saturated rings. The Bertz CT molecular complexity index is 705. The highest BCUT2D eigenvalue weighted by atomic mass is 16.5. The minimum atomic E-state index is -0.257. The van der Waals surface area contributed by atoms with Crippen LogP contribution in [0.2, 0.25) is 0 Å². The number of benzene rings is 1. The first-order chi connectivity index (χ1) is 10.6. The fourth-order valence-corrected chi connectivity index (χ4v) is 2.75. The van der Waals surface area contributed by atoms with Crippen molar-refractivity contribution in [3.05, 3.63) is 46.8 Å². The number of anilines is 1. The van der Waals surface area contributed by atoms with E-state index in [9.17, 15) is 9.59 Å². The summed E-state index contributed by atoms with van der Waals surface area (Å²) in [6.07, 6.45) is 1.57. The lowest BCUT2D eigenvalue weighted by Gasteiger charge is -2.28. The highest BCUT2D eigenvalue weighted by molar-refractivity contribution is 5.92. The highest BCUT2D eigenvalue weighted by Crippen LogP contribution is 2.22. The zero-order chi connectivity index (χ0) is 15.5. The third-order valence-electron chi connectivity index (χ3n) is 3.94. The first kappa shape index (κ1) is 14.6. The van der Waals surface area contributed by atoms with Crippen molar-refractivity contribution in [2.45, 2.75) is 25.9 Å². The fourth-order valence-electron chi connectivity index (χ4n) is 2.75. The molecule has 0 saturated carbocycles. The van der Waals surface area contributed by atoms with Gasteiger partial charge in [0.25, 0.3) is 5.56 Å². The fraction of sp³-hybridized carbons (Fsp3) is 0.375. The van der Waals surface area contributed by atoms with E-state index in [4.69, 9.17) is 4.74 Å². The zero-order valence-electron chi connectivity index (χ0n) is 12.4. The summed E-state index contributed by atoms with van der Waals surface area (Å²) in [5.41, 5.74) is 0.528. The van der Waals surface area contributed by atoms with Crippen molar-refractivity contribution >= 4 is 11.7 Å². The van der Waals surface area contributed by atoms with Crippen molar-refractivity contribution < 1.29 is 9.53 Å². The Morgan fingerprint density at radius 1 is 1.36 bits per heavy atom. The first-order valence-corrected chi connectivity index (χ1v) is 7.45. The molecule has 6 heteroatoms. The van der Waals surface area contributed by atoms with Crippen LogP contribution >= 0.6 is 0 Å². The van der Waals surface area contributed by atoms with Crippen molar-refractivity contribution in [1.29, 1.82) is 0 Å². The lowest BCUT2D eigenvalue weighted by Crippen LogP contribution is -2.36. The van der Waals surface area contributed by atoms with Gasteiger partial charge in [-0.3, -0.25) is 14.7 Å². The molecule has 1 aromatic heterocycles. The van der Waals surface area contributed by atoms with Crippen LogP contribution in [0.3, 0.4) is 0 Å². The Morgan fingerprint density at radius 3 is 2.86 bits per heavy atom. The van der Waals surface area contributed by atoms with Crippen LogP contribution < -0.4 is 10.9 Å². The van der Waals surface area contributed by atoms with Gasteiger partial charge >= 0.3 is 0 Å². The van der Waals surface area contributed by atoms with Crippen molar-refractivity contribution in [2.75, 3.05) is 11.9 Å². The number of H-pyrrole nitrogens is 1. The summed E-state index contributed by atoms with van der Waals surface area (Å²) in [5.74, 6) is 0.137. The van der Waals surface area contributed by atoms with E-state index in [0.717, 1.165) is 18.5 Å². The van der Waals surface area contributed by atoms with E-state index in [2.05, 4.69) is 10.4 Å². The van der Waals surface area contributed by atoms with Gasteiger partial charge in [0.1, 0.15) is 5.82 Å². The van der Waals surface area contributed by atoms with Crippen LogP contribution in [-0.2, 0) is 9.53 Å². The number of hydrogen-bond acceptors (Lipinski definition) is 3. The number of para-hydroxylation sites is 1. The number of nitrogens with zero attached hydrogens (tertiary/aromatic N) is 1. The SMILES string of the molecule is CC1OCCCC1C(=O)Nc1cc(=O)[nH]n1-c1ccccc1. The normalized spacial score (nSPS) is 21.5. The van der Waals surface area contributed by atoms with E-state index in [-0.39, 0.29) is 23.5 Å². The molecular formula is C16H19N3O3. The van der Waals surface area contributed by atoms with E-state index in [1.165, 1.54) is 6.07 Å². The second-order valence-corrected chi connectivity index (χ2v) is 5.49. The summed E-state index contributed by atoms with van der Waals surface area (Å²) in [6.45, 7) is 2.61. The van der Waals surface area contributed by atoms with Gasteiger partial charge in [-0.2, -0.15) is 0 Å². The molecule has 22 heavy (non-hydrogen) atoms. The number of rotatable bonds is 3. The van der Waals surface area contributed by atoms with Gasteiger partial charge in [-0.05, 0) is 31.9 Å². The molecule has 2 heterocycles. The van der Waals surface area contributed by atoms with Crippen LogP contribution in [0.4, 0.5) is 5.82 Å².